The summed E-state index contributed by atoms with van der Waals surface area (Å²) >= 11 is 0. The van der Waals surface area contributed by atoms with Gasteiger partial charge in [0.15, 0.2) is 0 Å². The molecule has 0 aliphatic rings. The van der Waals surface area contributed by atoms with Crippen molar-refractivity contribution >= 4 is 0 Å². The number of nitrogens with one attached hydrogen (secondary N) is 1. The zero-order valence-corrected chi connectivity index (χ0v) is 12.0. The molecule has 0 saturated heterocycles. The number of hydrogen-bond acceptors (Lipinski definition) is 4. The Hall–Kier alpha value is -1.69. The number of likely N-dealkylation sites (N-methyl/N-ethyl adjacent to an activating group) is 1. The minimum Gasteiger partial charge on any atom is -0.337 e. The molecule has 1 unspecified atom stereocenters. The molecule has 1 atom stereocenters. The van der Waals surface area contributed by atoms with Gasteiger partial charge in [-0.3, -0.25) is 0 Å². The number of aryl methyl sites for hydroxylation is 1. The third-order valence-corrected chi connectivity index (χ3v) is 3.14. The van der Waals surface area contributed by atoms with Crippen molar-refractivity contribution in [1.82, 2.24) is 29.6 Å². The van der Waals surface area contributed by atoms with E-state index in [1.165, 1.54) is 0 Å². The molecular weight excluding hydrogens is 240 g/mol. The first-order valence-electron chi connectivity index (χ1n) is 6.72. The second-order valence-corrected chi connectivity index (χ2v) is 4.93. The largest absolute Gasteiger partial charge is 0.337 e. The van der Waals surface area contributed by atoms with Gasteiger partial charge in [0.25, 0.3) is 0 Å². The topological polar surface area (TPSA) is 60.6 Å². The summed E-state index contributed by atoms with van der Waals surface area (Å²) in [5, 5.41) is 7.75. The summed E-state index contributed by atoms with van der Waals surface area (Å²) in [4.78, 5) is 8.81. The number of imidazole rings is 1. The van der Waals surface area contributed by atoms with Crippen LogP contribution >= 0.6 is 0 Å². The molecule has 6 heteroatoms. The summed E-state index contributed by atoms with van der Waals surface area (Å²) in [5.41, 5.74) is 0. The second kappa shape index (κ2) is 5.97. The minimum absolute atomic E-state index is 0.159. The number of rotatable bonds is 6. The lowest BCUT2D eigenvalue weighted by Gasteiger charge is -2.18. The van der Waals surface area contributed by atoms with Gasteiger partial charge in [-0.25, -0.2) is 14.6 Å². The van der Waals surface area contributed by atoms with Gasteiger partial charge in [0.2, 0.25) is 0 Å². The van der Waals surface area contributed by atoms with Crippen molar-refractivity contribution in [2.45, 2.75) is 39.3 Å². The standard InChI is InChI=1S/C13H22N6/c1-5-14-11(13-15-6-7-18(13)4)8-12-16-9-17-19(12)10(2)3/h6-7,9-11,14H,5,8H2,1-4H3. The Morgan fingerprint density at radius 2 is 2.11 bits per heavy atom. The Balaban J connectivity index is 2.22. The number of aromatic nitrogens is 5. The van der Waals surface area contributed by atoms with E-state index in [0.29, 0.717) is 6.04 Å². The minimum atomic E-state index is 0.159. The van der Waals surface area contributed by atoms with Crippen molar-refractivity contribution in [3.8, 4) is 0 Å². The molecule has 0 amide bonds. The first kappa shape index (κ1) is 13.7. The molecule has 1 N–H and O–H groups in total. The van der Waals surface area contributed by atoms with Crippen molar-refractivity contribution in [3.05, 3.63) is 30.4 Å². The van der Waals surface area contributed by atoms with Gasteiger partial charge in [0.05, 0.1) is 6.04 Å². The van der Waals surface area contributed by atoms with Gasteiger partial charge in [-0.05, 0) is 20.4 Å². The monoisotopic (exact) mass is 262 g/mol. The molecule has 2 rings (SSSR count). The Kier molecular flexibility index (Phi) is 4.31. The van der Waals surface area contributed by atoms with E-state index in [2.05, 4.69) is 41.2 Å². The lowest BCUT2D eigenvalue weighted by molar-refractivity contribution is 0.452. The van der Waals surface area contributed by atoms with Crippen LogP contribution in [0, 0.1) is 0 Å². The van der Waals surface area contributed by atoms with Gasteiger partial charge in [0, 0.05) is 31.9 Å². The summed E-state index contributed by atoms with van der Waals surface area (Å²) in [6.07, 6.45) is 6.20. The highest BCUT2D eigenvalue weighted by Gasteiger charge is 2.19. The summed E-state index contributed by atoms with van der Waals surface area (Å²) in [5.74, 6) is 2.02. The van der Waals surface area contributed by atoms with Crippen LogP contribution in [-0.2, 0) is 13.5 Å². The van der Waals surface area contributed by atoms with Crippen LogP contribution in [0.15, 0.2) is 18.7 Å². The van der Waals surface area contributed by atoms with E-state index in [4.69, 9.17) is 0 Å². The average Bonchev–Trinajstić information content (AvgIpc) is 2.97. The first-order chi connectivity index (χ1) is 9.13. The zero-order chi connectivity index (χ0) is 13.8. The highest BCUT2D eigenvalue weighted by molar-refractivity contribution is 5.03. The second-order valence-electron chi connectivity index (χ2n) is 4.93. The quantitative estimate of drug-likeness (QED) is 0.856. The highest BCUT2D eigenvalue weighted by Crippen LogP contribution is 2.17. The summed E-state index contributed by atoms with van der Waals surface area (Å²) < 4.78 is 4.01. The van der Waals surface area contributed by atoms with Gasteiger partial charge < -0.3 is 9.88 Å². The van der Waals surface area contributed by atoms with Gasteiger partial charge in [-0.15, -0.1) is 0 Å². The molecule has 0 aliphatic heterocycles. The van der Waals surface area contributed by atoms with E-state index in [-0.39, 0.29) is 6.04 Å². The van der Waals surface area contributed by atoms with Crippen LogP contribution in [0.25, 0.3) is 0 Å². The number of nitrogens with zero attached hydrogens (tertiary/aromatic N) is 5. The first-order valence-corrected chi connectivity index (χ1v) is 6.72. The fourth-order valence-electron chi connectivity index (χ4n) is 2.25. The molecule has 104 valence electrons. The van der Waals surface area contributed by atoms with Gasteiger partial charge in [-0.1, -0.05) is 6.92 Å². The molecule has 2 aromatic heterocycles. The maximum absolute atomic E-state index is 4.43. The lowest BCUT2D eigenvalue weighted by Crippen LogP contribution is -2.27. The van der Waals surface area contributed by atoms with Gasteiger partial charge in [0.1, 0.15) is 18.0 Å². The Morgan fingerprint density at radius 1 is 1.32 bits per heavy atom. The van der Waals surface area contributed by atoms with E-state index in [1.807, 2.05) is 28.7 Å². The predicted molar refractivity (Wildman–Crippen MR) is 73.7 cm³/mol. The van der Waals surface area contributed by atoms with E-state index in [1.54, 1.807) is 6.33 Å². The normalized spacial score (nSPS) is 13.1. The summed E-state index contributed by atoms with van der Waals surface area (Å²) in [7, 11) is 2.01. The van der Waals surface area contributed by atoms with Gasteiger partial charge >= 0.3 is 0 Å². The fraction of sp³-hybridized carbons (Fsp3) is 0.615. The molecule has 0 aromatic carbocycles. The van der Waals surface area contributed by atoms with Crippen LogP contribution in [0.1, 0.15) is 44.5 Å². The van der Waals surface area contributed by atoms with E-state index >= 15 is 0 Å². The van der Waals surface area contributed by atoms with Crippen LogP contribution in [0.2, 0.25) is 0 Å². The lowest BCUT2D eigenvalue weighted by atomic mass is 10.1. The molecule has 2 heterocycles. The van der Waals surface area contributed by atoms with Crippen molar-refractivity contribution in [2.24, 2.45) is 7.05 Å². The van der Waals surface area contributed by atoms with Crippen LogP contribution < -0.4 is 5.32 Å². The molecule has 19 heavy (non-hydrogen) atoms. The highest BCUT2D eigenvalue weighted by atomic mass is 15.3. The SMILES string of the molecule is CCNC(Cc1ncnn1C(C)C)c1nccn1C. The Labute approximate surface area is 113 Å². The van der Waals surface area contributed by atoms with Crippen molar-refractivity contribution < 1.29 is 0 Å². The molecule has 2 aromatic rings. The Bertz CT molecular complexity index is 513. The molecule has 0 spiro atoms. The van der Waals surface area contributed by atoms with Crippen LogP contribution in [0.5, 0.6) is 0 Å². The molecule has 0 radical (unpaired) electrons. The molecular formula is C13H22N6. The predicted octanol–water partition coefficient (Wildman–Crippen LogP) is 1.49. The average molecular weight is 262 g/mol. The van der Waals surface area contributed by atoms with Gasteiger partial charge in [-0.2, -0.15) is 5.10 Å². The molecule has 0 fully saturated rings. The van der Waals surface area contributed by atoms with Crippen molar-refractivity contribution in [3.63, 3.8) is 0 Å². The fourth-order valence-corrected chi connectivity index (χ4v) is 2.25. The third kappa shape index (κ3) is 3.01. The molecule has 0 bridgehead atoms. The molecule has 6 nitrogen and oxygen atoms in total. The van der Waals surface area contributed by atoms with E-state index in [9.17, 15) is 0 Å². The van der Waals surface area contributed by atoms with Crippen molar-refractivity contribution in [1.29, 1.82) is 0 Å². The maximum atomic E-state index is 4.43. The summed E-state index contributed by atoms with van der Waals surface area (Å²) in [6, 6.07) is 0.479. The third-order valence-electron chi connectivity index (χ3n) is 3.14. The zero-order valence-electron chi connectivity index (χ0n) is 12.0. The van der Waals surface area contributed by atoms with E-state index < -0.39 is 0 Å². The van der Waals surface area contributed by atoms with Crippen LogP contribution in [0.3, 0.4) is 0 Å². The van der Waals surface area contributed by atoms with Crippen molar-refractivity contribution in [2.75, 3.05) is 6.54 Å². The molecule has 0 aliphatic carbocycles. The summed E-state index contributed by atoms with van der Waals surface area (Å²) in [6.45, 7) is 7.22. The Morgan fingerprint density at radius 3 is 2.68 bits per heavy atom. The van der Waals surface area contributed by atoms with E-state index in [0.717, 1.165) is 24.6 Å². The van der Waals surface area contributed by atoms with Crippen LogP contribution in [0.4, 0.5) is 0 Å². The number of hydrogen-bond donors (Lipinski definition) is 1. The smallest absolute Gasteiger partial charge is 0.138 e. The maximum Gasteiger partial charge on any atom is 0.138 e. The molecule has 0 saturated carbocycles. The van der Waals surface area contributed by atoms with Crippen LogP contribution in [-0.4, -0.2) is 30.9 Å².